The summed E-state index contributed by atoms with van der Waals surface area (Å²) in [5.74, 6) is -0.00108. The number of hydrogen-bond donors (Lipinski definition) is 2. The third-order valence-corrected chi connectivity index (χ3v) is 4.66. The molecule has 1 aromatic carbocycles. The van der Waals surface area contributed by atoms with Crippen molar-refractivity contribution in [2.45, 2.75) is 44.6 Å². The number of carbonyl (C=O) groups is 2. The van der Waals surface area contributed by atoms with Crippen LogP contribution in [0.15, 0.2) is 24.3 Å². The van der Waals surface area contributed by atoms with Crippen LogP contribution in [-0.2, 0) is 9.59 Å². The quantitative estimate of drug-likeness (QED) is 0.877. The highest BCUT2D eigenvalue weighted by Crippen LogP contribution is 2.29. The van der Waals surface area contributed by atoms with Gasteiger partial charge in [-0.2, -0.15) is 0 Å². The molecule has 0 unspecified atom stereocenters. The molecule has 1 atom stereocenters. The first-order chi connectivity index (χ1) is 11.2. The van der Waals surface area contributed by atoms with Gasteiger partial charge in [0.25, 0.3) is 0 Å². The van der Waals surface area contributed by atoms with Crippen LogP contribution in [0.3, 0.4) is 0 Å². The predicted molar refractivity (Wildman–Crippen MR) is 90.1 cm³/mol. The highest BCUT2D eigenvalue weighted by atomic mass is 16.2. The van der Waals surface area contributed by atoms with E-state index < -0.39 is 0 Å². The Morgan fingerprint density at radius 3 is 2.83 bits per heavy atom. The number of nitrogens with one attached hydrogen (secondary N) is 2. The van der Waals surface area contributed by atoms with E-state index in [0.29, 0.717) is 12.8 Å². The predicted octanol–water partition coefficient (Wildman–Crippen LogP) is 2.45. The zero-order valence-electron chi connectivity index (χ0n) is 13.5. The normalized spacial score (nSPS) is 21.4. The standard InChI is InChI=1S/C18H25N3O2/c22-17(9-6-12-21-10-4-1-5-11-21)20-16-13-18(23)19-15-8-3-2-7-14(15)16/h2-3,7-8,16H,1,4-6,9-13H2,(H,19,23)(H,20,22)/t16-/m0/s1. The molecule has 0 aliphatic carbocycles. The molecule has 2 amide bonds. The summed E-state index contributed by atoms with van der Waals surface area (Å²) in [4.78, 5) is 26.4. The molecule has 3 rings (SSSR count). The third kappa shape index (κ3) is 4.32. The number of carbonyl (C=O) groups excluding carboxylic acids is 2. The van der Waals surface area contributed by atoms with E-state index in [2.05, 4.69) is 15.5 Å². The number of benzene rings is 1. The second-order valence-electron chi connectivity index (χ2n) is 6.47. The zero-order valence-corrected chi connectivity index (χ0v) is 13.5. The monoisotopic (exact) mass is 315 g/mol. The van der Waals surface area contributed by atoms with Gasteiger partial charge in [0.1, 0.15) is 0 Å². The van der Waals surface area contributed by atoms with Gasteiger partial charge in [0, 0.05) is 12.1 Å². The molecule has 0 radical (unpaired) electrons. The third-order valence-electron chi connectivity index (χ3n) is 4.66. The van der Waals surface area contributed by atoms with Crippen LogP contribution in [-0.4, -0.2) is 36.3 Å². The number of anilines is 1. The van der Waals surface area contributed by atoms with E-state index in [1.54, 1.807) is 0 Å². The summed E-state index contributed by atoms with van der Waals surface area (Å²) in [5.41, 5.74) is 1.80. The van der Waals surface area contributed by atoms with Gasteiger partial charge in [0.2, 0.25) is 11.8 Å². The number of amides is 2. The minimum Gasteiger partial charge on any atom is -0.349 e. The summed E-state index contributed by atoms with van der Waals surface area (Å²) in [7, 11) is 0. The van der Waals surface area contributed by atoms with Crippen LogP contribution in [0.1, 0.15) is 50.1 Å². The van der Waals surface area contributed by atoms with Crippen LogP contribution >= 0.6 is 0 Å². The summed E-state index contributed by atoms with van der Waals surface area (Å²) in [6.45, 7) is 3.32. The molecular formula is C18H25N3O2. The largest absolute Gasteiger partial charge is 0.349 e. The van der Waals surface area contributed by atoms with Crippen molar-refractivity contribution in [1.29, 1.82) is 0 Å². The fourth-order valence-corrected chi connectivity index (χ4v) is 3.45. The summed E-state index contributed by atoms with van der Waals surface area (Å²) in [6.07, 6.45) is 5.61. The Balaban J connectivity index is 1.49. The lowest BCUT2D eigenvalue weighted by molar-refractivity contribution is -0.122. The topological polar surface area (TPSA) is 61.4 Å². The molecule has 1 fully saturated rings. The lowest BCUT2D eigenvalue weighted by atomic mass is 9.97. The van der Waals surface area contributed by atoms with Gasteiger partial charge in [-0.15, -0.1) is 0 Å². The molecule has 2 aliphatic rings. The Morgan fingerprint density at radius 2 is 2.00 bits per heavy atom. The molecule has 5 nitrogen and oxygen atoms in total. The van der Waals surface area contributed by atoms with Gasteiger partial charge >= 0.3 is 0 Å². The maximum absolute atomic E-state index is 12.2. The summed E-state index contributed by atoms with van der Waals surface area (Å²) in [6, 6.07) is 7.46. The lowest BCUT2D eigenvalue weighted by Crippen LogP contribution is -2.36. The number of para-hydroxylation sites is 1. The Hall–Kier alpha value is -1.88. The molecule has 2 N–H and O–H groups in total. The van der Waals surface area contributed by atoms with Crippen LogP contribution in [0.4, 0.5) is 5.69 Å². The van der Waals surface area contributed by atoms with E-state index in [1.165, 1.54) is 19.3 Å². The molecule has 124 valence electrons. The van der Waals surface area contributed by atoms with Crippen molar-refractivity contribution in [3.05, 3.63) is 29.8 Å². The van der Waals surface area contributed by atoms with Gasteiger partial charge in [-0.05, 0) is 50.5 Å². The second kappa shape index (κ2) is 7.59. The van der Waals surface area contributed by atoms with Gasteiger partial charge in [-0.25, -0.2) is 0 Å². The summed E-state index contributed by atoms with van der Waals surface area (Å²) < 4.78 is 0. The molecule has 2 aliphatic heterocycles. The molecule has 0 bridgehead atoms. The van der Waals surface area contributed by atoms with Crippen LogP contribution in [0, 0.1) is 0 Å². The van der Waals surface area contributed by atoms with Crippen LogP contribution in [0.2, 0.25) is 0 Å². The molecular weight excluding hydrogens is 290 g/mol. The van der Waals surface area contributed by atoms with Crippen molar-refractivity contribution >= 4 is 17.5 Å². The highest BCUT2D eigenvalue weighted by molar-refractivity contribution is 5.95. The number of fused-ring (bicyclic) bond motifs is 1. The Bertz CT molecular complexity index is 567. The summed E-state index contributed by atoms with van der Waals surface area (Å²) >= 11 is 0. The van der Waals surface area contributed by atoms with Crippen molar-refractivity contribution < 1.29 is 9.59 Å². The minimum absolute atomic E-state index is 0.0384. The molecule has 0 saturated carbocycles. The van der Waals surface area contributed by atoms with Crippen LogP contribution < -0.4 is 10.6 Å². The van der Waals surface area contributed by atoms with Crippen molar-refractivity contribution in [2.24, 2.45) is 0 Å². The first-order valence-corrected chi connectivity index (χ1v) is 8.63. The van der Waals surface area contributed by atoms with E-state index in [-0.39, 0.29) is 17.9 Å². The highest BCUT2D eigenvalue weighted by Gasteiger charge is 2.25. The lowest BCUT2D eigenvalue weighted by Gasteiger charge is -2.27. The van der Waals surface area contributed by atoms with E-state index >= 15 is 0 Å². The molecule has 5 heteroatoms. The van der Waals surface area contributed by atoms with Gasteiger partial charge in [-0.3, -0.25) is 9.59 Å². The summed E-state index contributed by atoms with van der Waals surface area (Å²) in [5, 5.41) is 5.88. The maximum atomic E-state index is 12.2. The molecule has 0 spiro atoms. The van der Waals surface area contributed by atoms with Crippen molar-refractivity contribution in [2.75, 3.05) is 25.0 Å². The number of hydrogen-bond acceptors (Lipinski definition) is 3. The number of piperidine rings is 1. The van der Waals surface area contributed by atoms with E-state index in [0.717, 1.165) is 37.3 Å². The average molecular weight is 315 g/mol. The Morgan fingerprint density at radius 1 is 1.22 bits per heavy atom. The number of rotatable bonds is 5. The molecule has 1 saturated heterocycles. The van der Waals surface area contributed by atoms with Gasteiger partial charge in [0.05, 0.1) is 12.5 Å². The smallest absolute Gasteiger partial charge is 0.226 e. The fraction of sp³-hybridized carbons (Fsp3) is 0.556. The zero-order chi connectivity index (χ0) is 16.1. The molecule has 1 aromatic rings. The van der Waals surface area contributed by atoms with Crippen molar-refractivity contribution in [1.82, 2.24) is 10.2 Å². The Kier molecular flexibility index (Phi) is 5.28. The number of nitrogens with zero attached hydrogens (tertiary/aromatic N) is 1. The maximum Gasteiger partial charge on any atom is 0.226 e. The molecule has 0 aromatic heterocycles. The van der Waals surface area contributed by atoms with Crippen LogP contribution in [0.25, 0.3) is 0 Å². The number of likely N-dealkylation sites (tertiary alicyclic amines) is 1. The second-order valence-corrected chi connectivity index (χ2v) is 6.47. The van der Waals surface area contributed by atoms with Crippen LogP contribution in [0.5, 0.6) is 0 Å². The average Bonchev–Trinajstić information content (AvgIpc) is 2.55. The van der Waals surface area contributed by atoms with E-state index in [9.17, 15) is 9.59 Å². The van der Waals surface area contributed by atoms with Gasteiger partial charge in [0.15, 0.2) is 0 Å². The first-order valence-electron chi connectivity index (χ1n) is 8.63. The van der Waals surface area contributed by atoms with Gasteiger partial charge in [-0.1, -0.05) is 24.6 Å². The SMILES string of the molecule is O=C1C[C@H](NC(=O)CCCN2CCCCC2)c2ccccc2N1. The first kappa shape index (κ1) is 16.0. The minimum atomic E-state index is -0.206. The van der Waals surface area contributed by atoms with E-state index in [1.807, 2.05) is 24.3 Å². The van der Waals surface area contributed by atoms with Gasteiger partial charge < -0.3 is 15.5 Å². The van der Waals surface area contributed by atoms with E-state index in [4.69, 9.17) is 0 Å². The van der Waals surface area contributed by atoms with Crippen molar-refractivity contribution in [3.63, 3.8) is 0 Å². The molecule has 2 heterocycles. The van der Waals surface area contributed by atoms with Crippen molar-refractivity contribution in [3.8, 4) is 0 Å². The fourth-order valence-electron chi connectivity index (χ4n) is 3.45. The Labute approximate surface area is 137 Å². The molecule has 23 heavy (non-hydrogen) atoms.